The van der Waals surface area contributed by atoms with E-state index in [1.807, 2.05) is 36.7 Å². The van der Waals surface area contributed by atoms with Gasteiger partial charge in [0.25, 0.3) is 0 Å². The average Bonchev–Trinajstić information content (AvgIpc) is 3.16. The van der Waals surface area contributed by atoms with Crippen molar-refractivity contribution < 1.29 is 0 Å². The number of aromatic amines is 1. The average molecular weight is 334 g/mol. The highest BCUT2D eigenvalue weighted by Gasteiger charge is 2.22. The second-order valence-corrected chi connectivity index (χ2v) is 6.37. The maximum absolute atomic E-state index is 4.80. The van der Waals surface area contributed by atoms with E-state index in [1.54, 1.807) is 6.20 Å². The molecule has 128 valence electrons. The summed E-state index contributed by atoms with van der Waals surface area (Å²) >= 11 is 0. The highest BCUT2D eigenvalue weighted by Crippen LogP contribution is 2.28. The van der Waals surface area contributed by atoms with Gasteiger partial charge in [-0.1, -0.05) is 12.1 Å². The lowest BCUT2D eigenvalue weighted by Gasteiger charge is -2.31. The van der Waals surface area contributed by atoms with E-state index in [2.05, 4.69) is 37.3 Å². The maximum Gasteiger partial charge on any atom is 0.131 e. The summed E-state index contributed by atoms with van der Waals surface area (Å²) < 4.78 is 0. The van der Waals surface area contributed by atoms with Gasteiger partial charge in [0, 0.05) is 30.2 Å². The molecular weight excluding hydrogens is 312 g/mol. The number of nitrogens with zero attached hydrogens (tertiary/aromatic N) is 4. The third-order valence-corrected chi connectivity index (χ3v) is 4.63. The molecule has 2 N–H and O–H groups in total. The molecule has 4 rings (SSSR count). The fraction of sp³-hybridized carbons (Fsp3) is 0.316. The van der Waals surface area contributed by atoms with Gasteiger partial charge in [0.15, 0.2) is 0 Å². The monoisotopic (exact) mass is 334 g/mol. The van der Waals surface area contributed by atoms with Crippen LogP contribution in [0, 0.1) is 0 Å². The molecular formula is C19H22N6. The van der Waals surface area contributed by atoms with Crippen molar-refractivity contribution >= 4 is 11.6 Å². The van der Waals surface area contributed by atoms with E-state index in [-0.39, 0.29) is 0 Å². The molecule has 1 aliphatic heterocycles. The number of piperidine rings is 1. The minimum atomic E-state index is 0.512. The van der Waals surface area contributed by atoms with E-state index in [1.165, 1.54) is 5.69 Å². The summed E-state index contributed by atoms with van der Waals surface area (Å²) in [5.74, 6) is 3.23. The first-order valence-corrected chi connectivity index (χ1v) is 8.72. The molecule has 0 aliphatic carbocycles. The lowest BCUT2D eigenvalue weighted by atomic mass is 9.93. The predicted octanol–water partition coefficient (Wildman–Crippen LogP) is 3.32. The fourth-order valence-electron chi connectivity index (χ4n) is 3.30. The molecule has 0 bridgehead atoms. The highest BCUT2D eigenvalue weighted by molar-refractivity contribution is 5.51. The van der Waals surface area contributed by atoms with Gasteiger partial charge in [-0.05, 0) is 50.2 Å². The Hall–Kier alpha value is -2.73. The number of hydrogen-bond donors (Lipinski definition) is 2. The molecule has 0 atom stereocenters. The smallest absolute Gasteiger partial charge is 0.131 e. The van der Waals surface area contributed by atoms with E-state index in [0.29, 0.717) is 5.92 Å². The van der Waals surface area contributed by atoms with Gasteiger partial charge in [-0.2, -0.15) is 0 Å². The molecule has 0 unspecified atom stereocenters. The summed E-state index contributed by atoms with van der Waals surface area (Å²) in [6.07, 6.45) is 7.72. The Balaban J connectivity index is 1.37. The van der Waals surface area contributed by atoms with Crippen molar-refractivity contribution in [3.05, 3.63) is 66.5 Å². The second kappa shape index (κ2) is 7.44. The van der Waals surface area contributed by atoms with Gasteiger partial charge in [0.2, 0.25) is 0 Å². The summed E-state index contributed by atoms with van der Waals surface area (Å²) in [4.78, 5) is 19.0. The number of rotatable bonds is 5. The SMILES string of the molecule is c1ccc(Nc2cccc(C3CCN(Cc4ncc[nH]4)CC3)n2)nc1. The predicted molar refractivity (Wildman–Crippen MR) is 97.6 cm³/mol. The largest absolute Gasteiger partial charge is 0.348 e. The Labute approximate surface area is 147 Å². The number of nitrogens with one attached hydrogen (secondary N) is 2. The quantitative estimate of drug-likeness (QED) is 0.749. The van der Waals surface area contributed by atoms with Crippen LogP contribution in [-0.2, 0) is 6.54 Å². The molecule has 0 aromatic carbocycles. The molecule has 3 aromatic heterocycles. The van der Waals surface area contributed by atoms with Crippen LogP contribution in [0.25, 0.3) is 0 Å². The molecule has 6 heteroatoms. The summed E-state index contributed by atoms with van der Waals surface area (Å²) in [6, 6.07) is 12.0. The fourth-order valence-corrected chi connectivity index (χ4v) is 3.30. The number of anilines is 2. The summed E-state index contributed by atoms with van der Waals surface area (Å²) in [5.41, 5.74) is 1.17. The maximum atomic E-state index is 4.80. The number of imidazole rings is 1. The molecule has 1 saturated heterocycles. The Morgan fingerprint density at radius 1 is 1.00 bits per heavy atom. The third kappa shape index (κ3) is 4.03. The molecule has 25 heavy (non-hydrogen) atoms. The Morgan fingerprint density at radius 3 is 2.64 bits per heavy atom. The van der Waals surface area contributed by atoms with E-state index in [4.69, 9.17) is 4.98 Å². The molecule has 0 saturated carbocycles. The molecule has 0 amide bonds. The van der Waals surface area contributed by atoms with Crippen molar-refractivity contribution in [2.45, 2.75) is 25.3 Å². The normalized spacial score (nSPS) is 16.0. The molecule has 1 fully saturated rings. The topological polar surface area (TPSA) is 69.7 Å². The molecule has 0 radical (unpaired) electrons. The number of H-pyrrole nitrogens is 1. The minimum Gasteiger partial charge on any atom is -0.348 e. The number of aromatic nitrogens is 4. The lowest BCUT2D eigenvalue weighted by molar-refractivity contribution is 0.199. The minimum absolute atomic E-state index is 0.512. The molecule has 1 aliphatic rings. The van der Waals surface area contributed by atoms with Crippen LogP contribution in [0.2, 0.25) is 0 Å². The first kappa shape index (κ1) is 15.8. The zero-order valence-corrected chi connectivity index (χ0v) is 14.1. The van der Waals surface area contributed by atoms with Crippen LogP contribution in [0.15, 0.2) is 55.0 Å². The van der Waals surface area contributed by atoms with Crippen molar-refractivity contribution in [2.75, 3.05) is 18.4 Å². The van der Waals surface area contributed by atoms with Gasteiger partial charge in [0.05, 0.1) is 6.54 Å². The molecule has 6 nitrogen and oxygen atoms in total. The lowest BCUT2D eigenvalue weighted by Crippen LogP contribution is -2.33. The van der Waals surface area contributed by atoms with Gasteiger partial charge < -0.3 is 10.3 Å². The Morgan fingerprint density at radius 2 is 1.88 bits per heavy atom. The number of likely N-dealkylation sites (tertiary alicyclic amines) is 1. The molecule has 4 heterocycles. The van der Waals surface area contributed by atoms with Crippen molar-refractivity contribution in [3.63, 3.8) is 0 Å². The first-order valence-electron chi connectivity index (χ1n) is 8.72. The van der Waals surface area contributed by atoms with Crippen molar-refractivity contribution in [1.29, 1.82) is 0 Å². The third-order valence-electron chi connectivity index (χ3n) is 4.63. The zero-order chi connectivity index (χ0) is 16.9. The number of hydrogen-bond acceptors (Lipinski definition) is 5. The van der Waals surface area contributed by atoms with E-state index < -0.39 is 0 Å². The van der Waals surface area contributed by atoms with Crippen molar-refractivity contribution in [2.24, 2.45) is 0 Å². The Bertz CT molecular complexity index is 779. The van der Waals surface area contributed by atoms with E-state index >= 15 is 0 Å². The van der Waals surface area contributed by atoms with Gasteiger partial charge >= 0.3 is 0 Å². The van der Waals surface area contributed by atoms with Crippen LogP contribution in [0.4, 0.5) is 11.6 Å². The summed E-state index contributed by atoms with van der Waals surface area (Å²) in [7, 11) is 0. The van der Waals surface area contributed by atoms with E-state index in [0.717, 1.165) is 49.9 Å². The van der Waals surface area contributed by atoms with Crippen molar-refractivity contribution in [3.8, 4) is 0 Å². The molecule has 0 spiro atoms. The van der Waals surface area contributed by atoms with Crippen LogP contribution in [0.5, 0.6) is 0 Å². The Kier molecular flexibility index (Phi) is 4.70. The van der Waals surface area contributed by atoms with Gasteiger partial charge in [-0.25, -0.2) is 15.0 Å². The van der Waals surface area contributed by atoms with Gasteiger partial charge in [-0.15, -0.1) is 0 Å². The number of pyridine rings is 2. The van der Waals surface area contributed by atoms with Crippen LogP contribution >= 0.6 is 0 Å². The van der Waals surface area contributed by atoms with E-state index in [9.17, 15) is 0 Å². The van der Waals surface area contributed by atoms with Gasteiger partial charge in [0.1, 0.15) is 17.5 Å². The summed E-state index contributed by atoms with van der Waals surface area (Å²) in [6.45, 7) is 3.05. The summed E-state index contributed by atoms with van der Waals surface area (Å²) in [5, 5.41) is 3.28. The van der Waals surface area contributed by atoms with Crippen LogP contribution in [-0.4, -0.2) is 37.9 Å². The zero-order valence-electron chi connectivity index (χ0n) is 14.1. The second-order valence-electron chi connectivity index (χ2n) is 6.37. The highest BCUT2D eigenvalue weighted by atomic mass is 15.2. The first-order chi connectivity index (χ1) is 12.4. The van der Waals surface area contributed by atoms with Crippen LogP contribution in [0.1, 0.15) is 30.3 Å². The van der Waals surface area contributed by atoms with Gasteiger partial charge in [-0.3, -0.25) is 4.90 Å². The van der Waals surface area contributed by atoms with Crippen LogP contribution in [0.3, 0.4) is 0 Å². The van der Waals surface area contributed by atoms with Crippen LogP contribution < -0.4 is 5.32 Å². The standard InChI is InChI=1S/C19H22N6/c1-2-9-20-17(5-1)24-18-6-3-4-16(23-18)15-7-12-25(13-8-15)14-19-21-10-11-22-19/h1-6,9-11,15H,7-8,12-14H2,(H,21,22)(H,20,23,24). The molecule has 3 aromatic rings. The van der Waals surface area contributed by atoms with Crippen molar-refractivity contribution in [1.82, 2.24) is 24.8 Å².